The molecule has 8 heteroatoms. The van der Waals surface area contributed by atoms with Gasteiger partial charge in [-0.3, -0.25) is 9.59 Å². The Labute approximate surface area is 148 Å². The Bertz CT molecular complexity index is 774. The van der Waals surface area contributed by atoms with Gasteiger partial charge in [-0.2, -0.15) is 13.2 Å². The number of hydrogen-bond donors (Lipinski definition) is 2. The summed E-state index contributed by atoms with van der Waals surface area (Å²) in [7, 11) is 1.54. The number of nitrogens with one attached hydrogen (secondary N) is 2. The zero-order valence-electron chi connectivity index (χ0n) is 13.9. The largest absolute Gasteiger partial charge is 0.497 e. The second-order valence-corrected chi connectivity index (χ2v) is 5.43. The van der Waals surface area contributed by atoms with E-state index in [9.17, 15) is 22.8 Å². The average Bonchev–Trinajstić information content (AvgIpc) is 2.60. The summed E-state index contributed by atoms with van der Waals surface area (Å²) < 4.78 is 42.9. The summed E-state index contributed by atoms with van der Waals surface area (Å²) in [6.07, 6.45) is -5.00. The molecule has 0 bridgehead atoms. The Hall–Kier alpha value is -3.03. The van der Waals surface area contributed by atoms with Gasteiger partial charge in [-0.05, 0) is 35.9 Å². The van der Waals surface area contributed by atoms with Gasteiger partial charge in [0.2, 0.25) is 11.8 Å². The van der Waals surface area contributed by atoms with Crippen molar-refractivity contribution in [2.24, 2.45) is 0 Å². The Balaban J connectivity index is 1.84. The molecule has 0 saturated carbocycles. The highest BCUT2D eigenvalue weighted by Gasteiger charge is 2.30. The topological polar surface area (TPSA) is 67.4 Å². The molecule has 2 aromatic rings. The number of ether oxygens (including phenoxy) is 1. The summed E-state index contributed by atoms with van der Waals surface area (Å²) in [6.45, 7) is 0.222. The predicted molar refractivity (Wildman–Crippen MR) is 89.5 cm³/mol. The van der Waals surface area contributed by atoms with Crippen molar-refractivity contribution in [3.05, 3.63) is 59.7 Å². The summed E-state index contributed by atoms with van der Waals surface area (Å²) in [4.78, 5) is 23.6. The molecule has 0 radical (unpaired) electrons. The Kier molecular flexibility index (Phi) is 6.21. The normalized spacial score (nSPS) is 10.9. The maximum Gasteiger partial charge on any atom is 0.416 e. The zero-order chi connectivity index (χ0) is 19.2. The van der Waals surface area contributed by atoms with Gasteiger partial charge in [0.15, 0.2) is 0 Å². The van der Waals surface area contributed by atoms with Crippen LogP contribution < -0.4 is 15.4 Å². The molecule has 0 aromatic heterocycles. The fraction of sp³-hybridized carbons (Fsp3) is 0.222. The molecule has 0 unspecified atom stereocenters. The van der Waals surface area contributed by atoms with Crippen molar-refractivity contribution in [3.8, 4) is 5.75 Å². The lowest BCUT2D eigenvalue weighted by molar-refractivity contribution is -0.137. The van der Waals surface area contributed by atoms with Crippen molar-refractivity contribution < 1.29 is 27.5 Å². The van der Waals surface area contributed by atoms with Gasteiger partial charge in [-0.15, -0.1) is 0 Å². The van der Waals surface area contributed by atoms with Crippen molar-refractivity contribution in [2.45, 2.75) is 19.1 Å². The van der Waals surface area contributed by atoms with E-state index in [2.05, 4.69) is 10.6 Å². The highest BCUT2D eigenvalue weighted by molar-refractivity contribution is 6.03. The van der Waals surface area contributed by atoms with Crippen molar-refractivity contribution in [3.63, 3.8) is 0 Å². The average molecular weight is 366 g/mol. The minimum absolute atomic E-state index is 0.0206. The molecule has 0 fully saturated rings. The number of hydrogen-bond acceptors (Lipinski definition) is 3. The van der Waals surface area contributed by atoms with Gasteiger partial charge < -0.3 is 15.4 Å². The number of amides is 2. The molecule has 2 rings (SSSR count). The fourth-order valence-electron chi connectivity index (χ4n) is 2.13. The highest BCUT2D eigenvalue weighted by atomic mass is 19.4. The molecule has 5 nitrogen and oxygen atoms in total. The van der Waals surface area contributed by atoms with Crippen LogP contribution in [0.1, 0.15) is 17.5 Å². The van der Waals surface area contributed by atoms with E-state index in [4.69, 9.17) is 4.74 Å². The van der Waals surface area contributed by atoms with E-state index in [-0.39, 0.29) is 12.2 Å². The van der Waals surface area contributed by atoms with Crippen LogP contribution in [0.4, 0.5) is 18.9 Å². The number of halogens is 3. The molecule has 0 aliphatic carbocycles. The van der Waals surface area contributed by atoms with E-state index in [1.54, 1.807) is 31.4 Å². The van der Waals surface area contributed by atoms with Crippen molar-refractivity contribution in [1.29, 1.82) is 0 Å². The summed E-state index contributed by atoms with van der Waals surface area (Å²) in [6, 6.07) is 11.2. The van der Waals surface area contributed by atoms with E-state index in [1.165, 1.54) is 12.1 Å². The third-order valence-corrected chi connectivity index (χ3v) is 3.44. The minimum atomic E-state index is -4.50. The Morgan fingerprint density at radius 3 is 2.35 bits per heavy atom. The molecule has 0 aliphatic heterocycles. The molecule has 2 aromatic carbocycles. The maximum absolute atomic E-state index is 12.6. The van der Waals surface area contributed by atoms with Crippen LogP contribution in [0.5, 0.6) is 5.75 Å². The smallest absolute Gasteiger partial charge is 0.416 e. The van der Waals surface area contributed by atoms with E-state index < -0.39 is 30.0 Å². The van der Waals surface area contributed by atoms with Crippen LogP contribution in [0.15, 0.2) is 48.5 Å². The van der Waals surface area contributed by atoms with E-state index in [1.807, 2.05) is 0 Å². The fourth-order valence-corrected chi connectivity index (χ4v) is 2.13. The van der Waals surface area contributed by atoms with Crippen LogP contribution in [0.3, 0.4) is 0 Å². The van der Waals surface area contributed by atoms with Gasteiger partial charge in [0, 0.05) is 12.2 Å². The van der Waals surface area contributed by atoms with Crippen LogP contribution in [-0.4, -0.2) is 18.9 Å². The third-order valence-electron chi connectivity index (χ3n) is 3.44. The summed E-state index contributed by atoms with van der Waals surface area (Å²) >= 11 is 0. The van der Waals surface area contributed by atoms with Crippen LogP contribution in [-0.2, 0) is 22.3 Å². The number of anilines is 1. The van der Waals surface area contributed by atoms with Crippen LogP contribution >= 0.6 is 0 Å². The predicted octanol–water partition coefficient (Wildman–Crippen LogP) is 3.36. The molecule has 0 atom stereocenters. The lowest BCUT2D eigenvalue weighted by Crippen LogP contribution is -2.27. The quantitative estimate of drug-likeness (QED) is 0.771. The second-order valence-electron chi connectivity index (χ2n) is 5.43. The van der Waals surface area contributed by atoms with E-state index in [0.29, 0.717) is 5.75 Å². The first-order valence-electron chi connectivity index (χ1n) is 7.64. The van der Waals surface area contributed by atoms with Gasteiger partial charge in [0.05, 0.1) is 12.7 Å². The van der Waals surface area contributed by atoms with Gasteiger partial charge in [0.1, 0.15) is 12.2 Å². The van der Waals surface area contributed by atoms with Crippen molar-refractivity contribution >= 4 is 17.5 Å². The van der Waals surface area contributed by atoms with Gasteiger partial charge in [-0.25, -0.2) is 0 Å². The Morgan fingerprint density at radius 2 is 1.73 bits per heavy atom. The molecule has 0 spiro atoms. The first kappa shape index (κ1) is 19.3. The van der Waals surface area contributed by atoms with E-state index >= 15 is 0 Å². The molecule has 0 saturated heterocycles. The second kappa shape index (κ2) is 8.37. The number of methoxy groups -OCH3 is 1. The standard InChI is InChI=1S/C18H17F3N2O3/c1-26-15-7-5-12(6-8-15)11-22-16(24)10-17(25)23-14-4-2-3-13(9-14)18(19,20)21/h2-9H,10-11H2,1H3,(H,22,24)(H,23,25). The molecule has 2 N–H and O–H groups in total. The highest BCUT2D eigenvalue weighted by Crippen LogP contribution is 2.30. The lowest BCUT2D eigenvalue weighted by Gasteiger charge is -2.10. The number of carbonyl (C=O) groups excluding carboxylic acids is 2. The summed E-state index contributed by atoms with van der Waals surface area (Å²) in [5, 5.41) is 4.85. The molecular formula is C18H17F3N2O3. The molecule has 0 heterocycles. The number of alkyl halides is 3. The lowest BCUT2D eigenvalue weighted by atomic mass is 10.2. The number of benzene rings is 2. The molecular weight excluding hydrogens is 349 g/mol. The van der Waals surface area contributed by atoms with Gasteiger partial charge >= 0.3 is 6.18 Å². The van der Waals surface area contributed by atoms with Gasteiger partial charge in [-0.1, -0.05) is 18.2 Å². The van der Waals surface area contributed by atoms with E-state index in [0.717, 1.165) is 17.7 Å². The number of carbonyl (C=O) groups is 2. The van der Waals surface area contributed by atoms with Gasteiger partial charge in [0.25, 0.3) is 0 Å². The maximum atomic E-state index is 12.6. The monoisotopic (exact) mass is 366 g/mol. The van der Waals surface area contributed by atoms with Crippen molar-refractivity contribution in [1.82, 2.24) is 5.32 Å². The SMILES string of the molecule is COc1ccc(CNC(=O)CC(=O)Nc2cccc(C(F)(F)F)c2)cc1. The summed E-state index contributed by atoms with van der Waals surface area (Å²) in [5.74, 6) is -0.553. The number of rotatable bonds is 6. The molecule has 0 aliphatic rings. The molecule has 2 amide bonds. The minimum Gasteiger partial charge on any atom is -0.497 e. The van der Waals surface area contributed by atoms with Crippen molar-refractivity contribution in [2.75, 3.05) is 12.4 Å². The summed E-state index contributed by atoms with van der Waals surface area (Å²) in [5.41, 5.74) is -0.0792. The van der Waals surface area contributed by atoms with Crippen LogP contribution in [0, 0.1) is 0 Å². The third kappa shape index (κ3) is 5.80. The van der Waals surface area contributed by atoms with Crippen LogP contribution in [0.25, 0.3) is 0 Å². The molecule has 26 heavy (non-hydrogen) atoms. The first-order chi connectivity index (χ1) is 12.3. The first-order valence-corrected chi connectivity index (χ1v) is 7.64. The Morgan fingerprint density at radius 1 is 1.04 bits per heavy atom. The zero-order valence-corrected chi connectivity index (χ0v) is 13.9. The van der Waals surface area contributed by atoms with Crippen LogP contribution in [0.2, 0.25) is 0 Å². The molecule has 138 valence electrons.